The number of benzene rings is 3. The Kier molecular flexibility index (Phi) is 5.07. The van der Waals surface area contributed by atoms with E-state index in [2.05, 4.69) is 10.4 Å². The van der Waals surface area contributed by atoms with Gasteiger partial charge in [-0.25, -0.2) is 0 Å². The minimum Gasteiger partial charge on any atom is -0.486 e. The summed E-state index contributed by atoms with van der Waals surface area (Å²) in [5.41, 5.74) is 1.39. The Morgan fingerprint density at radius 3 is 2.41 bits per heavy atom. The van der Waals surface area contributed by atoms with Crippen LogP contribution in [-0.2, 0) is 0 Å². The Hall–Kier alpha value is -4.13. The summed E-state index contributed by atoms with van der Waals surface area (Å²) in [6.45, 7) is 2.90. The van der Waals surface area contributed by atoms with Crippen molar-refractivity contribution in [1.29, 1.82) is 0 Å². The van der Waals surface area contributed by atoms with Crippen molar-refractivity contribution in [1.82, 2.24) is 15.1 Å². The average Bonchev–Trinajstić information content (AvgIpc) is 2.84. The predicted octanol–water partition coefficient (Wildman–Crippen LogP) is 3.65. The molecule has 1 amide bonds. The van der Waals surface area contributed by atoms with Gasteiger partial charge in [-0.2, -0.15) is 9.78 Å². The van der Waals surface area contributed by atoms with E-state index in [1.165, 1.54) is 4.68 Å². The molecule has 2 heterocycles. The van der Waals surface area contributed by atoms with Crippen molar-refractivity contribution >= 4 is 16.7 Å². The molecular weight excluding hydrogens is 406 g/mol. The molecule has 0 aliphatic carbocycles. The molecule has 0 saturated heterocycles. The first-order chi connectivity index (χ1) is 15.6. The van der Waals surface area contributed by atoms with Gasteiger partial charge >= 0.3 is 0 Å². The molecule has 32 heavy (non-hydrogen) atoms. The number of carbonyl (C=O) groups is 1. The number of nitrogens with one attached hydrogen (secondary N) is 1. The maximum Gasteiger partial charge on any atom is 0.279 e. The lowest BCUT2D eigenvalue weighted by atomic mass is 10.1. The molecule has 4 aromatic rings. The molecule has 3 aromatic carbocycles. The highest BCUT2D eigenvalue weighted by Gasteiger charge is 2.21. The number of fused-ring (bicyclic) bond motifs is 2. The third kappa shape index (κ3) is 3.58. The summed E-state index contributed by atoms with van der Waals surface area (Å²) < 4.78 is 12.5. The van der Waals surface area contributed by atoms with Crippen LogP contribution in [-0.4, -0.2) is 28.9 Å². The number of nitrogens with zero attached hydrogens (tertiary/aromatic N) is 2. The van der Waals surface area contributed by atoms with Gasteiger partial charge in [0.25, 0.3) is 11.5 Å². The summed E-state index contributed by atoms with van der Waals surface area (Å²) in [7, 11) is 0. The van der Waals surface area contributed by atoms with Crippen LogP contribution in [0.15, 0.2) is 77.6 Å². The van der Waals surface area contributed by atoms with Crippen molar-refractivity contribution in [3.05, 3.63) is 94.4 Å². The molecule has 160 valence electrons. The summed E-state index contributed by atoms with van der Waals surface area (Å²) >= 11 is 0. The molecule has 0 fully saturated rings. The van der Waals surface area contributed by atoms with Crippen molar-refractivity contribution in [2.75, 3.05) is 13.2 Å². The van der Waals surface area contributed by atoms with Crippen LogP contribution in [0, 0.1) is 0 Å². The second kappa shape index (κ2) is 8.19. The Labute approximate surface area is 184 Å². The normalized spacial score (nSPS) is 13.5. The van der Waals surface area contributed by atoms with E-state index in [4.69, 9.17) is 9.47 Å². The third-order valence-corrected chi connectivity index (χ3v) is 5.43. The standard InChI is InChI=1S/C25H21N3O4/c1-16(17-11-12-21-22(15-17)32-14-13-31-21)26-24(29)23-19-9-5-6-10-20(19)25(30)28(27-23)18-7-3-2-4-8-18/h2-12,15-16H,13-14H2,1H3,(H,26,29). The Morgan fingerprint density at radius 1 is 0.938 bits per heavy atom. The molecule has 0 spiro atoms. The molecule has 1 unspecified atom stereocenters. The van der Waals surface area contributed by atoms with Crippen molar-refractivity contribution in [3.8, 4) is 17.2 Å². The summed E-state index contributed by atoms with van der Waals surface area (Å²) in [5, 5.41) is 8.38. The van der Waals surface area contributed by atoms with Gasteiger partial charge < -0.3 is 14.8 Å². The summed E-state index contributed by atoms with van der Waals surface area (Å²) in [6, 6.07) is 21.4. The second-order valence-corrected chi connectivity index (χ2v) is 7.54. The monoisotopic (exact) mass is 427 g/mol. The van der Waals surface area contributed by atoms with Gasteiger partial charge in [0, 0.05) is 5.39 Å². The van der Waals surface area contributed by atoms with E-state index < -0.39 is 0 Å². The topological polar surface area (TPSA) is 82.5 Å². The van der Waals surface area contributed by atoms with E-state index >= 15 is 0 Å². The first-order valence-corrected chi connectivity index (χ1v) is 10.4. The number of para-hydroxylation sites is 1. The molecule has 5 rings (SSSR count). The lowest BCUT2D eigenvalue weighted by molar-refractivity contribution is 0.0935. The average molecular weight is 427 g/mol. The number of amides is 1. The van der Waals surface area contributed by atoms with Gasteiger partial charge in [-0.15, -0.1) is 0 Å². The van der Waals surface area contributed by atoms with E-state index in [0.717, 1.165) is 5.56 Å². The summed E-state index contributed by atoms with van der Waals surface area (Å²) in [5.74, 6) is 0.991. The van der Waals surface area contributed by atoms with Crippen LogP contribution in [0.5, 0.6) is 11.5 Å². The molecule has 1 aliphatic rings. The van der Waals surface area contributed by atoms with Gasteiger partial charge in [0.05, 0.1) is 17.1 Å². The van der Waals surface area contributed by atoms with E-state index in [-0.39, 0.29) is 23.2 Å². The molecule has 7 nitrogen and oxygen atoms in total. The zero-order chi connectivity index (χ0) is 22.1. The number of hydrogen-bond donors (Lipinski definition) is 1. The summed E-state index contributed by atoms with van der Waals surface area (Å²) in [6.07, 6.45) is 0. The number of hydrogen-bond acceptors (Lipinski definition) is 5. The van der Waals surface area contributed by atoms with Gasteiger partial charge in [0.2, 0.25) is 0 Å². The number of ether oxygens (including phenoxy) is 2. The van der Waals surface area contributed by atoms with E-state index in [0.29, 0.717) is 41.2 Å². The first-order valence-electron chi connectivity index (χ1n) is 10.4. The highest BCUT2D eigenvalue weighted by atomic mass is 16.6. The van der Waals surface area contributed by atoms with Gasteiger partial charge in [0.1, 0.15) is 13.2 Å². The van der Waals surface area contributed by atoms with Crippen LogP contribution in [0.3, 0.4) is 0 Å². The summed E-state index contributed by atoms with van der Waals surface area (Å²) in [4.78, 5) is 26.3. The lowest BCUT2D eigenvalue weighted by Crippen LogP contribution is -2.31. The molecule has 1 aliphatic heterocycles. The van der Waals surface area contributed by atoms with E-state index in [1.807, 2.05) is 43.3 Å². The number of carbonyl (C=O) groups excluding carboxylic acids is 1. The van der Waals surface area contributed by atoms with Crippen LogP contribution in [0.4, 0.5) is 0 Å². The maximum absolute atomic E-state index is 13.3. The van der Waals surface area contributed by atoms with Crippen molar-refractivity contribution in [3.63, 3.8) is 0 Å². The largest absolute Gasteiger partial charge is 0.486 e. The highest BCUT2D eigenvalue weighted by molar-refractivity contribution is 6.05. The number of rotatable bonds is 4. The van der Waals surface area contributed by atoms with E-state index in [9.17, 15) is 9.59 Å². The fourth-order valence-electron chi connectivity index (χ4n) is 3.78. The molecule has 1 atom stereocenters. The Balaban J connectivity index is 1.52. The predicted molar refractivity (Wildman–Crippen MR) is 121 cm³/mol. The van der Waals surface area contributed by atoms with Crippen molar-refractivity contribution in [2.24, 2.45) is 0 Å². The minimum absolute atomic E-state index is 0.188. The van der Waals surface area contributed by atoms with Crippen LogP contribution in [0.25, 0.3) is 16.5 Å². The molecule has 1 aromatic heterocycles. The van der Waals surface area contributed by atoms with Crippen LogP contribution >= 0.6 is 0 Å². The zero-order valence-corrected chi connectivity index (χ0v) is 17.4. The van der Waals surface area contributed by atoms with Crippen molar-refractivity contribution in [2.45, 2.75) is 13.0 Å². The third-order valence-electron chi connectivity index (χ3n) is 5.43. The maximum atomic E-state index is 13.3. The molecule has 1 N–H and O–H groups in total. The second-order valence-electron chi connectivity index (χ2n) is 7.54. The van der Waals surface area contributed by atoms with Crippen LogP contribution in [0.1, 0.15) is 29.0 Å². The smallest absolute Gasteiger partial charge is 0.279 e. The van der Waals surface area contributed by atoms with Gasteiger partial charge in [0.15, 0.2) is 17.2 Å². The van der Waals surface area contributed by atoms with Gasteiger partial charge in [-0.3, -0.25) is 9.59 Å². The van der Waals surface area contributed by atoms with Gasteiger partial charge in [-0.1, -0.05) is 42.5 Å². The van der Waals surface area contributed by atoms with E-state index in [1.54, 1.807) is 36.4 Å². The molecule has 7 heteroatoms. The zero-order valence-electron chi connectivity index (χ0n) is 17.4. The fraction of sp³-hybridized carbons (Fsp3) is 0.160. The molecular formula is C25H21N3O4. The van der Waals surface area contributed by atoms with Crippen molar-refractivity contribution < 1.29 is 14.3 Å². The molecule has 0 bridgehead atoms. The Morgan fingerprint density at radius 2 is 1.62 bits per heavy atom. The first kappa shape index (κ1) is 19.8. The molecule has 0 saturated carbocycles. The molecule has 0 radical (unpaired) electrons. The van der Waals surface area contributed by atoms with Gasteiger partial charge in [-0.05, 0) is 42.8 Å². The van der Waals surface area contributed by atoms with Crippen LogP contribution in [0.2, 0.25) is 0 Å². The quantitative estimate of drug-likeness (QED) is 0.538. The van der Waals surface area contributed by atoms with Crippen LogP contribution < -0.4 is 20.3 Å². The minimum atomic E-state index is -0.367. The number of aromatic nitrogens is 2. The highest BCUT2D eigenvalue weighted by Crippen LogP contribution is 2.32. The fourth-order valence-corrected chi connectivity index (χ4v) is 3.78. The Bertz CT molecular complexity index is 1360. The lowest BCUT2D eigenvalue weighted by Gasteiger charge is -2.21. The SMILES string of the molecule is CC(NC(=O)c1nn(-c2ccccc2)c(=O)c2ccccc12)c1ccc2c(c1)OCCO2.